The van der Waals surface area contributed by atoms with E-state index >= 15 is 0 Å². The minimum absolute atomic E-state index is 0.0207. The van der Waals surface area contributed by atoms with E-state index in [2.05, 4.69) is 16.0 Å². The molecule has 3 heterocycles. The molecule has 0 radical (unpaired) electrons. The Morgan fingerprint density at radius 3 is 3.00 bits per heavy atom. The number of aromatic nitrogens is 1. The predicted octanol–water partition coefficient (Wildman–Crippen LogP) is 1.81. The molecule has 1 saturated heterocycles. The average molecular weight is 339 g/mol. The predicted molar refractivity (Wildman–Crippen MR) is 92.8 cm³/mol. The normalized spacial score (nSPS) is 22.8. The molecule has 6 heteroatoms. The van der Waals surface area contributed by atoms with Gasteiger partial charge in [0.15, 0.2) is 0 Å². The minimum atomic E-state index is -0.0734. The number of amides is 1. The SMILES string of the molecule is COc1cccc(CN2C[C@@H]3Oc4ncccc4C(=O)N(C)[C@@H]3C2)c1. The van der Waals surface area contributed by atoms with Crippen LogP contribution in [0.3, 0.4) is 0 Å². The van der Waals surface area contributed by atoms with E-state index in [9.17, 15) is 4.79 Å². The molecule has 2 aliphatic heterocycles. The van der Waals surface area contributed by atoms with Gasteiger partial charge in [-0.25, -0.2) is 4.98 Å². The number of rotatable bonds is 3. The summed E-state index contributed by atoms with van der Waals surface area (Å²) in [5, 5.41) is 0. The number of carbonyl (C=O) groups is 1. The van der Waals surface area contributed by atoms with E-state index in [1.807, 2.05) is 25.2 Å². The Bertz CT molecular complexity index is 795. The number of fused-ring (bicyclic) bond motifs is 2. The molecule has 1 aromatic heterocycles. The van der Waals surface area contributed by atoms with E-state index in [-0.39, 0.29) is 18.1 Å². The molecular formula is C19H21N3O3. The van der Waals surface area contributed by atoms with Crippen molar-refractivity contribution in [1.82, 2.24) is 14.8 Å². The zero-order valence-corrected chi connectivity index (χ0v) is 14.4. The molecule has 25 heavy (non-hydrogen) atoms. The summed E-state index contributed by atoms with van der Waals surface area (Å²) in [4.78, 5) is 21.1. The third kappa shape index (κ3) is 2.93. The standard InChI is InChI=1S/C19H21N3O3/c1-21-16-11-22(10-13-5-3-6-14(9-13)24-2)12-17(16)25-18-15(19(21)23)7-4-8-20-18/h3-9,16-17H,10-12H2,1-2H3/t16-,17+/m1/s1. The van der Waals surface area contributed by atoms with E-state index < -0.39 is 0 Å². The first kappa shape index (κ1) is 15.9. The van der Waals surface area contributed by atoms with Gasteiger partial charge in [-0.15, -0.1) is 0 Å². The molecule has 2 aliphatic rings. The zero-order valence-electron chi connectivity index (χ0n) is 14.4. The van der Waals surface area contributed by atoms with Crippen LogP contribution in [0.15, 0.2) is 42.6 Å². The fourth-order valence-electron chi connectivity index (χ4n) is 3.61. The van der Waals surface area contributed by atoms with E-state index in [0.717, 1.165) is 25.4 Å². The summed E-state index contributed by atoms with van der Waals surface area (Å²) in [5.41, 5.74) is 1.72. The molecular weight excluding hydrogens is 318 g/mol. The van der Waals surface area contributed by atoms with Gasteiger partial charge >= 0.3 is 0 Å². The second-order valence-corrected chi connectivity index (χ2v) is 6.54. The number of methoxy groups -OCH3 is 1. The maximum Gasteiger partial charge on any atom is 0.259 e. The number of pyridine rings is 1. The van der Waals surface area contributed by atoms with Crippen LogP contribution in [0, 0.1) is 0 Å². The molecule has 1 aromatic carbocycles. The van der Waals surface area contributed by atoms with E-state index in [1.54, 1.807) is 30.3 Å². The number of likely N-dealkylation sites (N-methyl/N-ethyl adjacent to an activating group) is 1. The number of nitrogens with zero attached hydrogens (tertiary/aromatic N) is 3. The van der Waals surface area contributed by atoms with Crippen molar-refractivity contribution in [2.75, 3.05) is 27.2 Å². The zero-order chi connectivity index (χ0) is 17.4. The monoisotopic (exact) mass is 339 g/mol. The Hall–Kier alpha value is -2.60. The van der Waals surface area contributed by atoms with Gasteiger partial charge in [0.25, 0.3) is 5.91 Å². The van der Waals surface area contributed by atoms with Crippen molar-refractivity contribution >= 4 is 5.91 Å². The van der Waals surface area contributed by atoms with Gasteiger partial charge in [-0.2, -0.15) is 0 Å². The first-order valence-corrected chi connectivity index (χ1v) is 8.40. The lowest BCUT2D eigenvalue weighted by Gasteiger charge is -2.25. The molecule has 2 atom stereocenters. The molecule has 0 bridgehead atoms. The van der Waals surface area contributed by atoms with Gasteiger partial charge in [-0.05, 0) is 29.8 Å². The number of ether oxygens (including phenoxy) is 2. The molecule has 1 amide bonds. The van der Waals surface area contributed by atoms with Crippen molar-refractivity contribution in [3.05, 3.63) is 53.7 Å². The molecule has 1 fully saturated rings. The Kier molecular flexibility index (Phi) is 4.05. The summed E-state index contributed by atoms with van der Waals surface area (Å²) in [5.74, 6) is 1.27. The fourth-order valence-corrected chi connectivity index (χ4v) is 3.61. The third-order valence-electron chi connectivity index (χ3n) is 4.94. The highest BCUT2D eigenvalue weighted by Gasteiger charge is 2.42. The lowest BCUT2D eigenvalue weighted by atomic mass is 10.2. The second-order valence-electron chi connectivity index (χ2n) is 6.54. The molecule has 0 unspecified atom stereocenters. The maximum atomic E-state index is 12.7. The summed E-state index contributed by atoms with van der Waals surface area (Å²) in [6.45, 7) is 2.33. The largest absolute Gasteiger partial charge is 0.497 e. The Balaban J connectivity index is 1.54. The van der Waals surface area contributed by atoms with Crippen molar-refractivity contribution in [2.45, 2.75) is 18.7 Å². The molecule has 0 saturated carbocycles. The lowest BCUT2D eigenvalue weighted by molar-refractivity contribution is 0.0680. The number of likely N-dealkylation sites (tertiary alicyclic amines) is 1. The van der Waals surface area contributed by atoms with Crippen LogP contribution in [0.1, 0.15) is 15.9 Å². The average Bonchev–Trinajstić information content (AvgIpc) is 2.99. The van der Waals surface area contributed by atoms with E-state index in [1.165, 1.54) is 5.56 Å². The highest BCUT2D eigenvalue weighted by atomic mass is 16.5. The quantitative estimate of drug-likeness (QED) is 0.854. The van der Waals surface area contributed by atoms with Crippen LogP contribution in [0.5, 0.6) is 11.6 Å². The van der Waals surface area contributed by atoms with Crippen LogP contribution in [-0.2, 0) is 6.54 Å². The van der Waals surface area contributed by atoms with E-state index in [4.69, 9.17) is 9.47 Å². The number of hydrogen-bond donors (Lipinski definition) is 0. The summed E-state index contributed by atoms with van der Waals surface area (Å²) in [6.07, 6.45) is 1.59. The Labute approximate surface area is 147 Å². The van der Waals surface area contributed by atoms with Crippen LogP contribution >= 0.6 is 0 Å². The Morgan fingerprint density at radius 1 is 1.28 bits per heavy atom. The molecule has 4 rings (SSSR count). The van der Waals surface area contributed by atoms with Crippen LogP contribution in [-0.4, -0.2) is 60.1 Å². The van der Waals surface area contributed by atoms with Crippen molar-refractivity contribution in [2.24, 2.45) is 0 Å². The first-order chi connectivity index (χ1) is 12.2. The van der Waals surface area contributed by atoms with Crippen molar-refractivity contribution in [3.8, 4) is 11.6 Å². The van der Waals surface area contributed by atoms with Crippen molar-refractivity contribution in [3.63, 3.8) is 0 Å². The molecule has 6 nitrogen and oxygen atoms in total. The summed E-state index contributed by atoms with van der Waals surface area (Å²) in [7, 11) is 3.52. The Morgan fingerprint density at radius 2 is 2.16 bits per heavy atom. The van der Waals surface area contributed by atoms with Crippen molar-refractivity contribution < 1.29 is 14.3 Å². The van der Waals surface area contributed by atoms with Gasteiger partial charge in [0.1, 0.15) is 17.4 Å². The molecule has 0 spiro atoms. The van der Waals surface area contributed by atoms with Gasteiger partial charge in [0, 0.05) is 32.9 Å². The van der Waals surface area contributed by atoms with Gasteiger partial charge in [0.05, 0.1) is 13.2 Å². The van der Waals surface area contributed by atoms with Gasteiger partial charge in [0.2, 0.25) is 5.88 Å². The summed E-state index contributed by atoms with van der Waals surface area (Å²) >= 11 is 0. The van der Waals surface area contributed by atoms with Crippen LogP contribution in [0.4, 0.5) is 0 Å². The molecule has 0 N–H and O–H groups in total. The van der Waals surface area contributed by atoms with Crippen LogP contribution < -0.4 is 9.47 Å². The maximum absolute atomic E-state index is 12.7. The van der Waals surface area contributed by atoms with Gasteiger partial charge in [-0.3, -0.25) is 9.69 Å². The summed E-state index contributed by atoms with van der Waals surface area (Å²) < 4.78 is 11.4. The van der Waals surface area contributed by atoms with Crippen LogP contribution in [0.25, 0.3) is 0 Å². The highest BCUT2D eigenvalue weighted by Crippen LogP contribution is 2.29. The minimum Gasteiger partial charge on any atom is -0.497 e. The summed E-state index contributed by atoms with van der Waals surface area (Å²) in [6, 6.07) is 11.6. The van der Waals surface area contributed by atoms with Gasteiger partial charge in [-0.1, -0.05) is 12.1 Å². The fraction of sp³-hybridized carbons (Fsp3) is 0.368. The number of hydrogen-bond acceptors (Lipinski definition) is 5. The second kappa shape index (κ2) is 6.37. The number of carbonyl (C=O) groups excluding carboxylic acids is 1. The molecule has 0 aliphatic carbocycles. The molecule has 2 aromatic rings. The molecule has 130 valence electrons. The van der Waals surface area contributed by atoms with Gasteiger partial charge < -0.3 is 14.4 Å². The van der Waals surface area contributed by atoms with E-state index in [0.29, 0.717) is 11.4 Å². The third-order valence-corrected chi connectivity index (χ3v) is 4.94. The van der Waals surface area contributed by atoms with Crippen molar-refractivity contribution in [1.29, 1.82) is 0 Å². The topological polar surface area (TPSA) is 54.9 Å². The lowest BCUT2D eigenvalue weighted by Crippen LogP contribution is -2.44. The van der Waals surface area contributed by atoms with Crippen LogP contribution in [0.2, 0.25) is 0 Å². The first-order valence-electron chi connectivity index (χ1n) is 8.40. The number of benzene rings is 1. The highest BCUT2D eigenvalue weighted by molar-refractivity contribution is 5.96. The smallest absolute Gasteiger partial charge is 0.259 e.